The first-order valence-corrected chi connectivity index (χ1v) is 12.9. The highest BCUT2D eigenvalue weighted by molar-refractivity contribution is 6.46. The van der Waals surface area contributed by atoms with Gasteiger partial charge in [-0.25, -0.2) is 0 Å². The van der Waals surface area contributed by atoms with Crippen molar-refractivity contribution in [3.05, 3.63) is 94.6 Å². The number of aromatic hydroxyl groups is 1. The molecule has 0 bridgehead atoms. The van der Waals surface area contributed by atoms with Crippen LogP contribution in [-0.4, -0.2) is 53.7 Å². The monoisotopic (exact) mass is 531 g/mol. The Morgan fingerprint density at radius 3 is 2.44 bits per heavy atom. The fraction of sp³-hybridized carbons (Fsp3) is 0.290. The predicted molar refractivity (Wildman–Crippen MR) is 147 cm³/mol. The lowest BCUT2D eigenvalue weighted by Crippen LogP contribution is -2.31. The van der Waals surface area contributed by atoms with Gasteiger partial charge in [-0.3, -0.25) is 9.59 Å². The minimum atomic E-state index is -0.862. The Labute approximate surface area is 228 Å². The molecule has 1 saturated heterocycles. The van der Waals surface area contributed by atoms with Crippen LogP contribution in [0.25, 0.3) is 5.76 Å². The van der Waals surface area contributed by atoms with Gasteiger partial charge in [0.05, 0.1) is 18.2 Å². The molecule has 2 N–H and O–H groups in total. The molecule has 3 aromatic carbocycles. The third-order valence-electron chi connectivity index (χ3n) is 6.67. The fourth-order valence-electron chi connectivity index (χ4n) is 4.61. The van der Waals surface area contributed by atoms with E-state index in [1.165, 1.54) is 11.0 Å². The van der Waals surface area contributed by atoms with Gasteiger partial charge in [0, 0.05) is 25.8 Å². The molecule has 1 heterocycles. The molecule has 1 atom stereocenters. The number of ether oxygens (including phenoxy) is 3. The van der Waals surface area contributed by atoms with Crippen molar-refractivity contribution in [2.24, 2.45) is 0 Å². The van der Waals surface area contributed by atoms with Gasteiger partial charge in [-0.15, -0.1) is 0 Å². The van der Waals surface area contributed by atoms with Crippen LogP contribution in [0.4, 0.5) is 0 Å². The number of aliphatic hydroxyl groups excluding tert-OH is 1. The molecule has 8 nitrogen and oxygen atoms in total. The number of carbonyl (C=O) groups excluding carboxylic acids is 2. The van der Waals surface area contributed by atoms with E-state index in [-0.39, 0.29) is 29.4 Å². The van der Waals surface area contributed by atoms with Gasteiger partial charge in [-0.1, -0.05) is 30.3 Å². The number of Topliss-reactive ketones (excluding diaryl/α,β-unsaturated/α-hetero) is 1. The van der Waals surface area contributed by atoms with E-state index >= 15 is 0 Å². The van der Waals surface area contributed by atoms with Gasteiger partial charge in [0.25, 0.3) is 11.7 Å². The normalized spacial score (nSPS) is 16.5. The summed E-state index contributed by atoms with van der Waals surface area (Å²) in [6.45, 7) is 5.18. The second-order valence-corrected chi connectivity index (χ2v) is 9.24. The number of likely N-dealkylation sites (tertiary alicyclic amines) is 1. The van der Waals surface area contributed by atoms with E-state index in [1.54, 1.807) is 50.4 Å². The van der Waals surface area contributed by atoms with Crippen LogP contribution in [0.5, 0.6) is 17.2 Å². The van der Waals surface area contributed by atoms with E-state index in [0.717, 1.165) is 11.1 Å². The molecule has 1 unspecified atom stereocenters. The number of ketones is 1. The molecule has 3 aromatic rings. The third-order valence-corrected chi connectivity index (χ3v) is 6.67. The van der Waals surface area contributed by atoms with Crippen LogP contribution in [-0.2, 0) is 20.9 Å². The Balaban J connectivity index is 1.68. The summed E-state index contributed by atoms with van der Waals surface area (Å²) in [5.74, 6) is -0.996. The highest BCUT2D eigenvalue weighted by Gasteiger charge is 2.46. The van der Waals surface area contributed by atoms with E-state index in [4.69, 9.17) is 14.2 Å². The lowest BCUT2D eigenvalue weighted by molar-refractivity contribution is -0.140. The molecular weight excluding hydrogens is 498 g/mol. The Kier molecular flexibility index (Phi) is 8.88. The number of aliphatic hydroxyl groups is 1. The van der Waals surface area contributed by atoms with Gasteiger partial charge >= 0.3 is 0 Å². The van der Waals surface area contributed by atoms with Crippen molar-refractivity contribution in [3.63, 3.8) is 0 Å². The average molecular weight is 532 g/mol. The number of phenols is 1. The van der Waals surface area contributed by atoms with Crippen LogP contribution in [0.15, 0.2) is 72.3 Å². The summed E-state index contributed by atoms with van der Waals surface area (Å²) in [5, 5.41) is 21.5. The summed E-state index contributed by atoms with van der Waals surface area (Å²) < 4.78 is 16.6. The first-order valence-electron chi connectivity index (χ1n) is 12.9. The van der Waals surface area contributed by atoms with Crippen LogP contribution in [0.3, 0.4) is 0 Å². The molecule has 204 valence electrons. The number of hydrogen-bond acceptors (Lipinski definition) is 7. The number of aryl methyl sites for hydroxylation is 1. The molecule has 39 heavy (non-hydrogen) atoms. The molecule has 1 fully saturated rings. The molecule has 0 aromatic heterocycles. The van der Waals surface area contributed by atoms with Gasteiger partial charge < -0.3 is 29.3 Å². The first-order chi connectivity index (χ1) is 18.8. The second kappa shape index (κ2) is 12.5. The lowest BCUT2D eigenvalue weighted by atomic mass is 9.95. The summed E-state index contributed by atoms with van der Waals surface area (Å²) in [4.78, 5) is 27.8. The van der Waals surface area contributed by atoms with Crippen molar-refractivity contribution in [1.82, 2.24) is 4.90 Å². The molecule has 1 amide bonds. The summed E-state index contributed by atoms with van der Waals surface area (Å²) in [7, 11) is 1.56. The number of amides is 1. The molecule has 0 aliphatic carbocycles. The quantitative estimate of drug-likeness (QED) is 0.153. The molecule has 0 radical (unpaired) electrons. The van der Waals surface area contributed by atoms with E-state index in [9.17, 15) is 19.8 Å². The summed E-state index contributed by atoms with van der Waals surface area (Å²) in [6, 6.07) is 18.5. The van der Waals surface area contributed by atoms with Crippen LogP contribution in [0, 0.1) is 6.92 Å². The molecule has 0 spiro atoms. The Bertz CT molecular complexity index is 1360. The molecular formula is C31H33NO7. The zero-order chi connectivity index (χ0) is 27.9. The number of benzene rings is 3. The number of carbonyl (C=O) groups is 2. The number of phenolic OH excluding ortho intramolecular Hbond substituents is 1. The van der Waals surface area contributed by atoms with Crippen molar-refractivity contribution < 1.29 is 34.0 Å². The van der Waals surface area contributed by atoms with Crippen LogP contribution in [0.2, 0.25) is 0 Å². The Morgan fingerprint density at radius 2 is 1.74 bits per heavy atom. The van der Waals surface area contributed by atoms with Crippen LogP contribution < -0.4 is 9.47 Å². The van der Waals surface area contributed by atoms with Crippen molar-refractivity contribution >= 4 is 17.4 Å². The average Bonchev–Trinajstić information content (AvgIpc) is 3.19. The molecule has 1 aliphatic rings. The van der Waals surface area contributed by atoms with Crippen molar-refractivity contribution in [2.75, 3.05) is 26.9 Å². The van der Waals surface area contributed by atoms with Gasteiger partial charge in [0.2, 0.25) is 0 Å². The minimum absolute atomic E-state index is 0.0286. The molecule has 8 heteroatoms. The highest BCUT2D eigenvalue weighted by Crippen LogP contribution is 2.42. The lowest BCUT2D eigenvalue weighted by Gasteiger charge is -2.25. The molecule has 1 aliphatic heterocycles. The summed E-state index contributed by atoms with van der Waals surface area (Å²) >= 11 is 0. The van der Waals surface area contributed by atoms with E-state index < -0.39 is 17.7 Å². The van der Waals surface area contributed by atoms with E-state index in [2.05, 4.69) is 0 Å². The topological polar surface area (TPSA) is 106 Å². The summed E-state index contributed by atoms with van der Waals surface area (Å²) in [5.41, 5.74) is 3.08. The zero-order valence-electron chi connectivity index (χ0n) is 22.3. The largest absolute Gasteiger partial charge is 0.507 e. The molecule has 0 saturated carbocycles. The van der Waals surface area contributed by atoms with E-state index in [0.29, 0.717) is 43.1 Å². The maximum absolute atomic E-state index is 13.2. The SMILES string of the molecule is CCOc1cc(C2C(=C(O)c3ccc(OCc4ccccc4C)cc3)C(=O)C(=O)N2CCCOC)ccc1O. The van der Waals surface area contributed by atoms with E-state index in [1.807, 2.05) is 31.2 Å². The van der Waals surface area contributed by atoms with Crippen LogP contribution >= 0.6 is 0 Å². The number of nitrogens with zero attached hydrogens (tertiary/aromatic N) is 1. The van der Waals surface area contributed by atoms with Gasteiger partial charge in [-0.2, -0.15) is 0 Å². The summed E-state index contributed by atoms with van der Waals surface area (Å²) in [6.07, 6.45) is 0.503. The zero-order valence-corrected chi connectivity index (χ0v) is 22.3. The molecule has 4 rings (SSSR count). The van der Waals surface area contributed by atoms with Crippen LogP contribution in [0.1, 0.15) is 41.6 Å². The van der Waals surface area contributed by atoms with Gasteiger partial charge in [0.15, 0.2) is 11.5 Å². The highest BCUT2D eigenvalue weighted by atomic mass is 16.5. The predicted octanol–water partition coefficient (Wildman–Crippen LogP) is 5.14. The van der Waals surface area contributed by atoms with Gasteiger partial charge in [-0.05, 0) is 73.4 Å². The maximum atomic E-state index is 13.2. The number of rotatable bonds is 11. The third kappa shape index (κ3) is 6.07. The number of methoxy groups -OCH3 is 1. The first kappa shape index (κ1) is 27.7. The Hall–Kier alpha value is -4.30. The van der Waals surface area contributed by atoms with Crippen molar-refractivity contribution in [3.8, 4) is 17.2 Å². The fourth-order valence-corrected chi connectivity index (χ4v) is 4.61. The van der Waals surface area contributed by atoms with Crippen molar-refractivity contribution in [1.29, 1.82) is 0 Å². The van der Waals surface area contributed by atoms with Gasteiger partial charge in [0.1, 0.15) is 18.1 Å². The standard InChI is InChI=1S/C31H33NO7/c1-4-38-26-18-22(12-15-25(26)33)28-27(30(35)31(36)32(28)16-7-17-37-3)29(34)21-10-13-24(14-11-21)39-19-23-9-6-5-8-20(23)2/h5-6,8-15,18,28,33-34H,4,7,16-17,19H2,1-3H3. The second-order valence-electron chi connectivity index (χ2n) is 9.24. The smallest absolute Gasteiger partial charge is 0.295 e. The van der Waals surface area contributed by atoms with Crippen molar-refractivity contribution in [2.45, 2.75) is 32.9 Å². The minimum Gasteiger partial charge on any atom is -0.507 e. The maximum Gasteiger partial charge on any atom is 0.295 e. The Morgan fingerprint density at radius 1 is 1.00 bits per heavy atom. The number of hydrogen-bond donors (Lipinski definition) is 2.